The van der Waals surface area contributed by atoms with Crippen LogP contribution in [0, 0.1) is 0 Å². The summed E-state index contributed by atoms with van der Waals surface area (Å²) in [5.41, 5.74) is 0. The van der Waals surface area contributed by atoms with E-state index in [0.29, 0.717) is 6.42 Å². The SMILES string of the molecule is COC(=O)CNC(=O)CCCCCCCCCCCC/C=C\CCCC(C)O. The first-order chi connectivity index (χ1) is 13.6. The molecule has 0 bridgehead atoms. The van der Waals surface area contributed by atoms with Crippen molar-refractivity contribution in [2.75, 3.05) is 13.7 Å². The van der Waals surface area contributed by atoms with E-state index in [1.54, 1.807) is 0 Å². The lowest BCUT2D eigenvalue weighted by atomic mass is 10.0. The molecule has 0 aliphatic rings. The Labute approximate surface area is 172 Å². The molecule has 0 aromatic carbocycles. The number of amides is 1. The number of carbonyl (C=O) groups is 2. The minimum Gasteiger partial charge on any atom is -0.468 e. The van der Waals surface area contributed by atoms with Gasteiger partial charge in [0.05, 0.1) is 13.2 Å². The fourth-order valence-electron chi connectivity index (χ4n) is 3.06. The van der Waals surface area contributed by atoms with Crippen molar-refractivity contribution < 1.29 is 19.4 Å². The van der Waals surface area contributed by atoms with Crippen molar-refractivity contribution in [3.8, 4) is 0 Å². The maximum Gasteiger partial charge on any atom is 0.325 e. The van der Waals surface area contributed by atoms with Gasteiger partial charge in [-0.1, -0.05) is 63.5 Å². The third-order valence-corrected chi connectivity index (χ3v) is 4.84. The highest BCUT2D eigenvalue weighted by Crippen LogP contribution is 2.12. The number of hydrogen-bond donors (Lipinski definition) is 2. The Hall–Kier alpha value is -1.36. The highest BCUT2D eigenvalue weighted by Gasteiger charge is 2.04. The first kappa shape index (κ1) is 26.6. The van der Waals surface area contributed by atoms with Crippen molar-refractivity contribution in [3.63, 3.8) is 0 Å². The van der Waals surface area contributed by atoms with E-state index in [2.05, 4.69) is 22.2 Å². The van der Waals surface area contributed by atoms with Gasteiger partial charge >= 0.3 is 5.97 Å². The van der Waals surface area contributed by atoms with Gasteiger partial charge < -0.3 is 15.2 Å². The fraction of sp³-hybridized carbons (Fsp3) is 0.826. The largest absolute Gasteiger partial charge is 0.468 e. The molecule has 5 nitrogen and oxygen atoms in total. The lowest BCUT2D eigenvalue weighted by Gasteiger charge is -2.04. The van der Waals surface area contributed by atoms with Crippen LogP contribution in [0.25, 0.3) is 0 Å². The number of rotatable bonds is 19. The van der Waals surface area contributed by atoms with Crippen LogP contribution in [0.3, 0.4) is 0 Å². The van der Waals surface area contributed by atoms with Gasteiger partial charge in [-0.15, -0.1) is 0 Å². The predicted molar refractivity (Wildman–Crippen MR) is 115 cm³/mol. The lowest BCUT2D eigenvalue weighted by Crippen LogP contribution is -2.29. The quantitative estimate of drug-likeness (QED) is 0.181. The van der Waals surface area contributed by atoms with Crippen LogP contribution in [-0.4, -0.2) is 36.7 Å². The average Bonchev–Trinajstić information content (AvgIpc) is 2.68. The van der Waals surface area contributed by atoms with Crippen molar-refractivity contribution in [1.29, 1.82) is 0 Å². The molecule has 0 aliphatic carbocycles. The zero-order chi connectivity index (χ0) is 20.9. The van der Waals surface area contributed by atoms with E-state index < -0.39 is 5.97 Å². The first-order valence-corrected chi connectivity index (χ1v) is 11.2. The van der Waals surface area contributed by atoms with Crippen LogP contribution < -0.4 is 5.32 Å². The molecule has 0 aromatic rings. The van der Waals surface area contributed by atoms with Gasteiger partial charge in [-0.2, -0.15) is 0 Å². The number of methoxy groups -OCH3 is 1. The first-order valence-electron chi connectivity index (χ1n) is 11.2. The number of unbranched alkanes of at least 4 members (excludes halogenated alkanes) is 11. The van der Waals surface area contributed by atoms with Crippen LogP contribution in [0.1, 0.15) is 103 Å². The summed E-state index contributed by atoms with van der Waals surface area (Å²) in [6.07, 6.45) is 21.4. The molecule has 1 atom stereocenters. The molecule has 5 heteroatoms. The maximum absolute atomic E-state index is 11.5. The second kappa shape index (κ2) is 20.4. The molecule has 0 saturated heterocycles. The molecule has 1 amide bonds. The summed E-state index contributed by atoms with van der Waals surface area (Å²) in [7, 11) is 1.32. The number of aliphatic hydroxyl groups is 1. The summed E-state index contributed by atoms with van der Waals surface area (Å²) in [5, 5.41) is 11.7. The predicted octanol–water partition coefficient (Wildman–Crippen LogP) is 5.06. The van der Waals surface area contributed by atoms with Crippen molar-refractivity contribution in [2.45, 2.75) is 109 Å². The molecule has 0 heterocycles. The summed E-state index contributed by atoms with van der Waals surface area (Å²) in [6.45, 7) is 1.82. The van der Waals surface area contributed by atoms with Crippen LogP contribution in [0.15, 0.2) is 12.2 Å². The van der Waals surface area contributed by atoms with Gasteiger partial charge in [0.25, 0.3) is 0 Å². The molecule has 0 aliphatic heterocycles. The minimum atomic E-state index is -0.409. The second-order valence-corrected chi connectivity index (χ2v) is 7.68. The van der Waals surface area contributed by atoms with E-state index in [0.717, 1.165) is 32.1 Å². The molecular formula is C23H43NO4. The van der Waals surface area contributed by atoms with Crippen molar-refractivity contribution in [3.05, 3.63) is 12.2 Å². The Morgan fingerprint density at radius 1 is 0.857 bits per heavy atom. The van der Waals surface area contributed by atoms with Gasteiger partial charge in [0.2, 0.25) is 5.91 Å². The Bertz CT molecular complexity index is 407. The standard InChI is InChI=1S/C23H43NO4/c1-21(25)18-16-14-12-10-8-6-4-3-5-7-9-11-13-15-17-19-22(26)24-20-23(27)28-2/h10,12,21,25H,3-9,11,13-20H2,1-2H3,(H,24,26)/b12-10-. The fourth-order valence-corrected chi connectivity index (χ4v) is 3.06. The minimum absolute atomic E-state index is 0.0322. The Kier molecular flexibility index (Phi) is 19.4. The highest BCUT2D eigenvalue weighted by molar-refractivity contribution is 5.81. The van der Waals surface area contributed by atoms with Crippen LogP contribution in [-0.2, 0) is 14.3 Å². The monoisotopic (exact) mass is 397 g/mol. The third-order valence-electron chi connectivity index (χ3n) is 4.84. The second-order valence-electron chi connectivity index (χ2n) is 7.68. The van der Waals surface area contributed by atoms with Gasteiger partial charge in [-0.05, 0) is 45.4 Å². The molecule has 0 saturated carbocycles. The van der Waals surface area contributed by atoms with E-state index in [-0.39, 0.29) is 18.6 Å². The van der Waals surface area contributed by atoms with E-state index in [1.807, 2.05) is 6.92 Å². The Morgan fingerprint density at radius 3 is 1.89 bits per heavy atom. The summed E-state index contributed by atoms with van der Waals surface area (Å²) in [5.74, 6) is -0.478. The molecule has 1 unspecified atom stereocenters. The van der Waals surface area contributed by atoms with E-state index >= 15 is 0 Å². The molecule has 28 heavy (non-hydrogen) atoms. The number of carbonyl (C=O) groups excluding carboxylic acids is 2. The number of nitrogens with one attached hydrogen (secondary N) is 1. The number of ether oxygens (including phenoxy) is 1. The molecule has 0 spiro atoms. The summed E-state index contributed by atoms with van der Waals surface area (Å²) in [6, 6.07) is 0. The molecule has 0 rings (SSSR count). The topological polar surface area (TPSA) is 75.6 Å². The van der Waals surface area contributed by atoms with Crippen LogP contribution in [0.4, 0.5) is 0 Å². The molecular weight excluding hydrogens is 354 g/mol. The number of aliphatic hydroxyl groups excluding tert-OH is 1. The summed E-state index contributed by atoms with van der Waals surface area (Å²) in [4.78, 5) is 22.4. The van der Waals surface area contributed by atoms with Crippen molar-refractivity contribution >= 4 is 11.9 Å². The summed E-state index contributed by atoms with van der Waals surface area (Å²) >= 11 is 0. The average molecular weight is 398 g/mol. The van der Waals surface area contributed by atoms with E-state index in [4.69, 9.17) is 0 Å². The maximum atomic E-state index is 11.5. The smallest absolute Gasteiger partial charge is 0.325 e. The molecule has 0 radical (unpaired) electrons. The lowest BCUT2D eigenvalue weighted by molar-refractivity contribution is -0.141. The van der Waals surface area contributed by atoms with E-state index in [1.165, 1.54) is 64.9 Å². The number of allylic oxidation sites excluding steroid dienone is 2. The van der Waals surface area contributed by atoms with Gasteiger partial charge in [0, 0.05) is 6.42 Å². The molecule has 2 N–H and O–H groups in total. The number of esters is 1. The van der Waals surface area contributed by atoms with Crippen molar-refractivity contribution in [2.24, 2.45) is 0 Å². The zero-order valence-electron chi connectivity index (χ0n) is 18.2. The Morgan fingerprint density at radius 2 is 1.36 bits per heavy atom. The summed E-state index contributed by atoms with van der Waals surface area (Å²) < 4.78 is 4.48. The number of hydrogen-bond acceptors (Lipinski definition) is 4. The van der Waals surface area contributed by atoms with Gasteiger partial charge in [-0.25, -0.2) is 0 Å². The molecule has 164 valence electrons. The molecule has 0 fully saturated rings. The van der Waals surface area contributed by atoms with Gasteiger partial charge in [-0.3, -0.25) is 9.59 Å². The van der Waals surface area contributed by atoms with Crippen LogP contribution >= 0.6 is 0 Å². The van der Waals surface area contributed by atoms with E-state index in [9.17, 15) is 14.7 Å². The third kappa shape index (κ3) is 20.9. The highest BCUT2D eigenvalue weighted by atomic mass is 16.5. The molecule has 0 aromatic heterocycles. The van der Waals surface area contributed by atoms with Crippen molar-refractivity contribution in [1.82, 2.24) is 5.32 Å². The van der Waals surface area contributed by atoms with Gasteiger partial charge in [0.1, 0.15) is 6.54 Å². The Balaban J connectivity index is 3.20. The zero-order valence-corrected chi connectivity index (χ0v) is 18.2. The van der Waals surface area contributed by atoms with Gasteiger partial charge in [0.15, 0.2) is 0 Å². The van der Waals surface area contributed by atoms with Crippen LogP contribution in [0.5, 0.6) is 0 Å². The van der Waals surface area contributed by atoms with Crippen LogP contribution in [0.2, 0.25) is 0 Å². The normalized spacial score (nSPS) is 12.2.